The van der Waals surface area contributed by atoms with Crippen LogP contribution in [0.4, 0.5) is 0 Å². The second-order valence-electron chi connectivity index (χ2n) is 5.90. The molecular formula is C17H23O2PSn. The first-order chi connectivity index (χ1) is 9.95. The SMILES string of the molecule is COc1ccc([P](c2ccc(OC)cc2)[Sn]([CH3])([CH3])[CH3])cc1. The molecule has 0 N–H and O–H groups in total. The van der Waals surface area contributed by atoms with E-state index in [4.69, 9.17) is 9.47 Å². The van der Waals surface area contributed by atoms with Crippen LogP contribution < -0.4 is 20.1 Å². The number of hydrogen-bond donors (Lipinski definition) is 0. The van der Waals surface area contributed by atoms with E-state index >= 15 is 0 Å². The summed E-state index contributed by atoms with van der Waals surface area (Å²) in [5.41, 5.74) is -0.228. The Labute approximate surface area is 132 Å². The van der Waals surface area contributed by atoms with Crippen LogP contribution in [0.5, 0.6) is 11.5 Å². The molecule has 0 bridgehead atoms. The zero-order chi connectivity index (χ0) is 15.5. The first kappa shape index (κ1) is 16.6. The molecule has 2 nitrogen and oxygen atoms in total. The van der Waals surface area contributed by atoms with Crippen molar-refractivity contribution in [1.29, 1.82) is 0 Å². The normalized spacial score (nSPS) is 11.5. The first-order valence-corrected chi connectivity index (χ1v) is 20.8. The molecule has 0 aliphatic heterocycles. The number of ether oxygens (including phenoxy) is 2. The van der Waals surface area contributed by atoms with E-state index in [-0.39, 0.29) is 5.57 Å². The van der Waals surface area contributed by atoms with E-state index in [1.54, 1.807) is 14.2 Å². The van der Waals surface area contributed by atoms with E-state index in [1.807, 2.05) is 0 Å². The predicted octanol–water partition coefficient (Wildman–Crippen LogP) is 3.97. The van der Waals surface area contributed by atoms with Crippen molar-refractivity contribution in [3.8, 4) is 11.5 Å². The van der Waals surface area contributed by atoms with Gasteiger partial charge in [0.25, 0.3) is 0 Å². The summed E-state index contributed by atoms with van der Waals surface area (Å²) >= 11 is -2.13. The topological polar surface area (TPSA) is 18.5 Å². The molecule has 0 amide bonds. The van der Waals surface area contributed by atoms with E-state index in [9.17, 15) is 0 Å². The molecule has 0 radical (unpaired) electrons. The Morgan fingerprint density at radius 1 is 0.667 bits per heavy atom. The quantitative estimate of drug-likeness (QED) is 0.550. The molecule has 2 aromatic rings. The summed E-state index contributed by atoms with van der Waals surface area (Å²) in [6.45, 7) is 0. The Kier molecular flexibility index (Phi) is 5.56. The number of hydrogen-bond acceptors (Lipinski definition) is 2. The minimum atomic E-state index is -2.13. The van der Waals surface area contributed by atoms with Crippen molar-refractivity contribution in [1.82, 2.24) is 0 Å². The molecule has 112 valence electrons. The zero-order valence-corrected chi connectivity index (χ0v) is 17.1. The van der Waals surface area contributed by atoms with Crippen molar-refractivity contribution in [2.45, 2.75) is 14.8 Å². The van der Waals surface area contributed by atoms with Gasteiger partial charge in [0, 0.05) is 0 Å². The molecule has 2 aromatic carbocycles. The monoisotopic (exact) mass is 410 g/mol. The van der Waals surface area contributed by atoms with Crippen LogP contribution in [0.1, 0.15) is 0 Å². The van der Waals surface area contributed by atoms with Crippen molar-refractivity contribution in [2.75, 3.05) is 14.2 Å². The van der Waals surface area contributed by atoms with Crippen LogP contribution in [0.3, 0.4) is 0 Å². The molecule has 4 heteroatoms. The van der Waals surface area contributed by atoms with Crippen molar-refractivity contribution in [3.63, 3.8) is 0 Å². The predicted molar refractivity (Wildman–Crippen MR) is 95.5 cm³/mol. The molecular weight excluding hydrogens is 386 g/mol. The van der Waals surface area contributed by atoms with Crippen molar-refractivity contribution in [2.24, 2.45) is 0 Å². The fraction of sp³-hybridized carbons (Fsp3) is 0.294. The molecule has 0 saturated heterocycles. The van der Waals surface area contributed by atoms with Gasteiger partial charge in [-0.15, -0.1) is 0 Å². The van der Waals surface area contributed by atoms with Gasteiger partial charge in [0.05, 0.1) is 0 Å². The first-order valence-electron chi connectivity index (χ1n) is 7.04. The van der Waals surface area contributed by atoms with Gasteiger partial charge in [-0.05, 0) is 0 Å². The standard InChI is InChI=1S/C14H14O2P.3CH3.Sn/c1-15-11-3-7-13(8-4-11)17-14-9-5-12(16-2)6-10-14;;;;/h3-10H,1-2H3;3*1H3;/q-1;;;;+1. The second-order valence-corrected chi connectivity index (χ2v) is 32.8. The van der Waals surface area contributed by atoms with Gasteiger partial charge in [-0.1, -0.05) is 0 Å². The Bertz CT molecular complexity index is 526. The molecule has 0 heterocycles. The number of methoxy groups -OCH3 is 2. The summed E-state index contributed by atoms with van der Waals surface area (Å²) in [5.74, 6) is 1.85. The van der Waals surface area contributed by atoms with Gasteiger partial charge >= 0.3 is 133 Å². The molecule has 0 atom stereocenters. The average Bonchev–Trinajstić information content (AvgIpc) is 2.47. The molecule has 21 heavy (non-hydrogen) atoms. The Balaban J connectivity index is 2.41. The molecule has 0 aromatic heterocycles. The van der Waals surface area contributed by atoms with Crippen LogP contribution in [-0.2, 0) is 0 Å². The van der Waals surface area contributed by atoms with Crippen LogP contribution in [-0.4, -0.2) is 32.0 Å². The number of rotatable bonds is 5. The third-order valence-electron chi connectivity index (χ3n) is 3.33. The van der Waals surface area contributed by atoms with Gasteiger partial charge in [-0.3, -0.25) is 0 Å². The van der Waals surface area contributed by atoms with E-state index in [2.05, 4.69) is 63.3 Å². The average molecular weight is 409 g/mol. The third kappa shape index (κ3) is 4.14. The van der Waals surface area contributed by atoms with E-state index in [0.717, 1.165) is 11.5 Å². The van der Waals surface area contributed by atoms with E-state index in [1.165, 1.54) is 10.6 Å². The Morgan fingerprint density at radius 3 is 1.24 bits per heavy atom. The third-order valence-corrected chi connectivity index (χ3v) is 22.2. The molecule has 0 saturated carbocycles. The summed E-state index contributed by atoms with van der Waals surface area (Å²) in [5, 5.41) is 2.92. The van der Waals surface area contributed by atoms with E-state index < -0.39 is 17.8 Å². The van der Waals surface area contributed by atoms with Gasteiger partial charge in [0.1, 0.15) is 0 Å². The summed E-state index contributed by atoms with van der Waals surface area (Å²) in [6, 6.07) is 17.2. The molecule has 0 unspecified atom stereocenters. The van der Waals surface area contributed by atoms with Gasteiger partial charge in [-0.25, -0.2) is 0 Å². The Morgan fingerprint density at radius 2 is 1.00 bits per heavy atom. The van der Waals surface area contributed by atoms with Crippen LogP contribution in [0, 0.1) is 0 Å². The molecule has 0 aliphatic rings. The van der Waals surface area contributed by atoms with Gasteiger partial charge in [-0.2, -0.15) is 0 Å². The van der Waals surface area contributed by atoms with E-state index in [0.29, 0.717) is 0 Å². The van der Waals surface area contributed by atoms with Crippen molar-refractivity contribution >= 4 is 34.0 Å². The summed E-state index contributed by atoms with van der Waals surface area (Å²) < 4.78 is 10.6. The Hall–Kier alpha value is -0.731. The summed E-state index contributed by atoms with van der Waals surface area (Å²) in [7, 11) is 3.43. The van der Waals surface area contributed by atoms with Gasteiger partial charge in [0.15, 0.2) is 0 Å². The molecule has 0 fully saturated rings. The minimum absolute atomic E-state index is 0.228. The van der Waals surface area contributed by atoms with Crippen LogP contribution in [0.15, 0.2) is 48.5 Å². The molecule has 0 spiro atoms. The van der Waals surface area contributed by atoms with Crippen LogP contribution in [0.25, 0.3) is 0 Å². The summed E-state index contributed by atoms with van der Waals surface area (Å²) in [6.07, 6.45) is 0. The maximum atomic E-state index is 5.28. The maximum absolute atomic E-state index is 5.28. The molecule has 0 aliphatic carbocycles. The summed E-state index contributed by atoms with van der Waals surface area (Å²) in [4.78, 5) is 7.53. The van der Waals surface area contributed by atoms with Gasteiger partial charge < -0.3 is 0 Å². The number of benzene rings is 2. The van der Waals surface area contributed by atoms with Gasteiger partial charge in [0.2, 0.25) is 0 Å². The second kappa shape index (κ2) is 7.02. The fourth-order valence-electron chi connectivity index (χ4n) is 2.39. The van der Waals surface area contributed by atoms with Crippen LogP contribution in [0.2, 0.25) is 14.8 Å². The van der Waals surface area contributed by atoms with Crippen LogP contribution >= 0.6 is 5.57 Å². The van der Waals surface area contributed by atoms with Crippen molar-refractivity contribution < 1.29 is 9.47 Å². The zero-order valence-electron chi connectivity index (χ0n) is 13.4. The van der Waals surface area contributed by atoms with Crippen molar-refractivity contribution in [3.05, 3.63) is 48.5 Å². The molecule has 2 rings (SSSR count). The fourth-order valence-corrected chi connectivity index (χ4v) is 20.9.